The Hall–Kier alpha value is -2.95. The van der Waals surface area contributed by atoms with Crippen LogP contribution in [0.1, 0.15) is 0 Å². The van der Waals surface area contributed by atoms with Gasteiger partial charge in [-0.05, 0) is 30.3 Å². The van der Waals surface area contributed by atoms with Crippen molar-refractivity contribution in [3.63, 3.8) is 0 Å². The summed E-state index contributed by atoms with van der Waals surface area (Å²) in [5, 5.41) is 3.80. The number of carbonyl (C=O) groups excluding carboxylic acids is 1. The zero-order chi connectivity index (χ0) is 20.1. The number of hydrogen-bond donors (Lipinski definition) is 1. The molecular weight excluding hydrogens is 398 g/mol. The summed E-state index contributed by atoms with van der Waals surface area (Å²) in [6.45, 7) is 0.144. The van der Waals surface area contributed by atoms with Gasteiger partial charge in [-0.3, -0.25) is 14.2 Å². The average Bonchev–Trinajstić information content (AvgIpc) is 2.70. The molecule has 1 N–H and O–H groups in total. The number of amides is 1. The summed E-state index contributed by atoms with van der Waals surface area (Å²) < 4.78 is 6.61. The van der Waals surface area contributed by atoms with Crippen LogP contribution in [-0.4, -0.2) is 34.9 Å². The van der Waals surface area contributed by atoms with Crippen LogP contribution in [0.15, 0.2) is 52.4 Å². The van der Waals surface area contributed by atoms with Crippen LogP contribution in [0.5, 0.6) is 5.75 Å². The maximum absolute atomic E-state index is 13.1. The Morgan fingerprint density at radius 1 is 1.36 bits per heavy atom. The molecule has 0 bridgehead atoms. The number of thioether (sulfide) groups is 1. The summed E-state index contributed by atoms with van der Waals surface area (Å²) in [6, 6.07) is 12.1. The number of fused-ring (bicyclic) bond motifs is 1. The van der Waals surface area contributed by atoms with E-state index in [2.05, 4.69) is 16.2 Å². The molecule has 142 valence electrons. The first-order chi connectivity index (χ1) is 13.5. The molecule has 0 radical (unpaired) electrons. The van der Waals surface area contributed by atoms with Crippen molar-refractivity contribution in [1.82, 2.24) is 14.9 Å². The lowest BCUT2D eigenvalue weighted by atomic mass is 10.2. The summed E-state index contributed by atoms with van der Waals surface area (Å²) in [7, 11) is 1.51. The molecule has 0 aliphatic heterocycles. The molecule has 2 aromatic carbocycles. The van der Waals surface area contributed by atoms with Gasteiger partial charge >= 0.3 is 0 Å². The summed E-state index contributed by atoms with van der Waals surface area (Å²) in [6.07, 6.45) is 5.15. The molecule has 0 fully saturated rings. The Morgan fingerprint density at radius 3 is 2.86 bits per heavy atom. The number of nitrogens with one attached hydrogen (secondary N) is 1. The SMILES string of the molecule is C#CCNC(=O)CSc1nc2ccccc2c(=O)n1-c1ccc(OC)c(Cl)c1. The van der Waals surface area contributed by atoms with E-state index in [-0.39, 0.29) is 23.8 Å². The van der Waals surface area contributed by atoms with E-state index in [0.29, 0.717) is 32.5 Å². The lowest BCUT2D eigenvalue weighted by Crippen LogP contribution is -2.26. The van der Waals surface area contributed by atoms with Gasteiger partial charge in [0.25, 0.3) is 5.56 Å². The predicted octanol–water partition coefficient (Wildman–Crippen LogP) is 2.89. The fourth-order valence-corrected chi connectivity index (χ4v) is 3.66. The molecule has 8 heteroatoms. The predicted molar refractivity (Wildman–Crippen MR) is 111 cm³/mol. The number of hydrogen-bond acceptors (Lipinski definition) is 5. The molecule has 0 saturated carbocycles. The first-order valence-electron chi connectivity index (χ1n) is 8.24. The number of methoxy groups -OCH3 is 1. The van der Waals surface area contributed by atoms with E-state index in [1.807, 2.05) is 0 Å². The lowest BCUT2D eigenvalue weighted by Gasteiger charge is -2.14. The van der Waals surface area contributed by atoms with Crippen LogP contribution in [0.25, 0.3) is 16.6 Å². The number of nitrogens with zero attached hydrogens (tertiary/aromatic N) is 2. The van der Waals surface area contributed by atoms with Gasteiger partial charge in [-0.2, -0.15) is 0 Å². The van der Waals surface area contributed by atoms with Crippen molar-refractivity contribution in [3.8, 4) is 23.8 Å². The summed E-state index contributed by atoms with van der Waals surface area (Å²) in [5.74, 6) is 2.66. The first-order valence-corrected chi connectivity index (χ1v) is 9.60. The number of carbonyl (C=O) groups is 1. The minimum absolute atomic E-state index is 0.0658. The van der Waals surface area contributed by atoms with Gasteiger partial charge in [-0.1, -0.05) is 41.4 Å². The number of halogens is 1. The highest BCUT2D eigenvalue weighted by Gasteiger charge is 2.15. The number of terminal acetylenes is 1. The molecule has 3 rings (SSSR count). The zero-order valence-corrected chi connectivity index (χ0v) is 16.5. The van der Waals surface area contributed by atoms with Crippen LogP contribution in [0, 0.1) is 12.3 Å². The highest BCUT2D eigenvalue weighted by atomic mass is 35.5. The molecule has 1 heterocycles. The lowest BCUT2D eigenvalue weighted by molar-refractivity contribution is -0.118. The third-order valence-electron chi connectivity index (χ3n) is 3.86. The van der Waals surface area contributed by atoms with E-state index in [1.54, 1.807) is 42.5 Å². The summed E-state index contributed by atoms with van der Waals surface area (Å²) in [4.78, 5) is 29.6. The van der Waals surface area contributed by atoms with Crippen molar-refractivity contribution in [2.75, 3.05) is 19.4 Å². The van der Waals surface area contributed by atoms with E-state index in [1.165, 1.54) is 11.7 Å². The van der Waals surface area contributed by atoms with Gasteiger partial charge in [0.05, 0.1) is 41.0 Å². The second-order valence-corrected chi connectivity index (χ2v) is 6.99. The number of ether oxygens (including phenoxy) is 1. The standard InChI is InChI=1S/C20H16ClN3O3S/c1-3-10-22-18(25)12-28-20-23-16-7-5-4-6-14(16)19(26)24(20)13-8-9-17(27-2)15(21)11-13/h1,4-9,11H,10,12H2,2H3,(H,22,25). The highest BCUT2D eigenvalue weighted by molar-refractivity contribution is 7.99. The number of para-hydroxylation sites is 1. The van der Waals surface area contributed by atoms with Gasteiger partial charge in [0.15, 0.2) is 5.16 Å². The third kappa shape index (κ3) is 4.14. The van der Waals surface area contributed by atoms with Gasteiger partial charge in [-0.15, -0.1) is 6.42 Å². The monoisotopic (exact) mass is 413 g/mol. The Morgan fingerprint density at radius 2 is 2.14 bits per heavy atom. The van der Waals surface area contributed by atoms with Crippen LogP contribution in [0.2, 0.25) is 5.02 Å². The smallest absolute Gasteiger partial charge is 0.266 e. The molecule has 3 aromatic rings. The van der Waals surface area contributed by atoms with Crippen molar-refractivity contribution in [2.45, 2.75) is 5.16 Å². The molecule has 0 saturated heterocycles. The maximum atomic E-state index is 13.1. The number of rotatable bonds is 6. The Labute approximate surface area is 170 Å². The largest absolute Gasteiger partial charge is 0.495 e. The molecule has 0 aliphatic carbocycles. The van der Waals surface area contributed by atoms with E-state index in [9.17, 15) is 9.59 Å². The summed E-state index contributed by atoms with van der Waals surface area (Å²) >= 11 is 7.38. The molecule has 0 spiro atoms. The topological polar surface area (TPSA) is 73.2 Å². The van der Waals surface area contributed by atoms with Gasteiger partial charge in [0.2, 0.25) is 5.91 Å². The van der Waals surface area contributed by atoms with E-state index < -0.39 is 0 Å². The van der Waals surface area contributed by atoms with Gasteiger partial charge < -0.3 is 10.1 Å². The van der Waals surface area contributed by atoms with Crippen molar-refractivity contribution in [2.24, 2.45) is 0 Å². The van der Waals surface area contributed by atoms with Crippen molar-refractivity contribution < 1.29 is 9.53 Å². The van der Waals surface area contributed by atoms with Gasteiger partial charge in [0, 0.05) is 0 Å². The molecule has 6 nitrogen and oxygen atoms in total. The first kappa shape index (κ1) is 19.8. The second kappa shape index (κ2) is 8.83. The quantitative estimate of drug-likeness (QED) is 0.382. The van der Waals surface area contributed by atoms with Crippen molar-refractivity contribution in [1.29, 1.82) is 0 Å². The third-order valence-corrected chi connectivity index (χ3v) is 5.09. The van der Waals surface area contributed by atoms with E-state index in [0.717, 1.165) is 11.8 Å². The van der Waals surface area contributed by atoms with Crippen LogP contribution in [0.3, 0.4) is 0 Å². The zero-order valence-electron chi connectivity index (χ0n) is 14.9. The summed E-state index contributed by atoms with van der Waals surface area (Å²) in [5.41, 5.74) is 0.828. The van der Waals surface area contributed by atoms with Crippen LogP contribution >= 0.6 is 23.4 Å². The fraction of sp³-hybridized carbons (Fsp3) is 0.150. The average molecular weight is 414 g/mol. The van der Waals surface area contributed by atoms with E-state index in [4.69, 9.17) is 22.8 Å². The molecule has 1 aromatic heterocycles. The molecular formula is C20H16ClN3O3S. The van der Waals surface area contributed by atoms with Crippen molar-refractivity contribution in [3.05, 3.63) is 57.8 Å². The number of benzene rings is 2. The second-order valence-electron chi connectivity index (χ2n) is 5.64. The number of aromatic nitrogens is 2. The molecule has 0 atom stereocenters. The van der Waals surface area contributed by atoms with Crippen LogP contribution in [-0.2, 0) is 4.79 Å². The van der Waals surface area contributed by atoms with Crippen LogP contribution in [0.4, 0.5) is 0 Å². The van der Waals surface area contributed by atoms with Crippen molar-refractivity contribution >= 4 is 40.2 Å². The maximum Gasteiger partial charge on any atom is 0.266 e. The fourth-order valence-electron chi connectivity index (χ4n) is 2.56. The minimum atomic E-state index is -0.252. The molecule has 0 unspecified atom stereocenters. The Bertz CT molecular complexity index is 1140. The normalized spacial score (nSPS) is 10.5. The Balaban J connectivity index is 2.09. The molecule has 28 heavy (non-hydrogen) atoms. The van der Waals surface area contributed by atoms with Gasteiger partial charge in [-0.25, -0.2) is 4.98 Å². The van der Waals surface area contributed by atoms with Gasteiger partial charge in [0.1, 0.15) is 5.75 Å². The molecule has 0 aliphatic rings. The van der Waals surface area contributed by atoms with Crippen LogP contribution < -0.4 is 15.6 Å². The van der Waals surface area contributed by atoms with E-state index >= 15 is 0 Å². The minimum Gasteiger partial charge on any atom is -0.495 e. The Kier molecular flexibility index (Phi) is 6.24. The molecule has 1 amide bonds. The highest BCUT2D eigenvalue weighted by Crippen LogP contribution is 2.28.